The summed E-state index contributed by atoms with van der Waals surface area (Å²) >= 11 is 0. The maximum Gasteiger partial charge on any atom is 0.312 e. The van der Waals surface area contributed by atoms with Crippen LogP contribution < -0.4 is 0 Å². The van der Waals surface area contributed by atoms with Gasteiger partial charge in [-0.25, -0.2) is 9.78 Å². The Kier molecular flexibility index (Phi) is 6.24. The van der Waals surface area contributed by atoms with Crippen LogP contribution in [0.1, 0.15) is 68.7 Å². The van der Waals surface area contributed by atoms with Crippen molar-refractivity contribution in [2.24, 2.45) is 16.7 Å². The first-order chi connectivity index (χ1) is 8.72. The number of aliphatic carboxylic acids is 1. The SMILES string of the molecule is CC(C)C(C)(C(=O)O)C(C)OOC(C)(C)CC(C)(C)C. The molecule has 0 saturated carbocycles. The lowest BCUT2D eigenvalue weighted by Gasteiger charge is -2.37. The zero-order chi connectivity index (χ0) is 16.4. The summed E-state index contributed by atoms with van der Waals surface area (Å²) in [5.41, 5.74) is -1.31. The number of carboxylic acid groups (broad SMARTS) is 1. The highest BCUT2D eigenvalue weighted by molar-refractivity contribution is 5.75. The first kappa shape index (κ1) is 19.4. The summed E-state index contributed by atoms with van der Waals surface area (Å²) in [7, 11) is 0. The number of carboxylic acids is 1. The van der Waals surface area contributed by atoms with E-state index >= 15 is 0 Å². The molecule has 0 bridgehead atoms. The lowest BCUT2D eigenvalue weighted by atomic mass is 9.75. The normalized spacial score (nSPS) is 17.9. The van der Waals surface area contributed by atoms with E-state index in [9.17, 15) is 9.90 Å². The van der Waals surface area contributed by atoms with Crippen molar-refractivity contribution in [3.05, 3.63) is 0 Å². The molecule has 20 heavy (non-hydrogen) atoms. The average Bonchev–Trinajstić information content (AvgIpc) is 2.20. The van der Waals surface area contributed by atoms with E-state index in [4.69, 9.17) is 9.78 Å². The minimum absolute atomic E-state index is 0.0515. The van der Waals surface area contributed by atoms with Crippen molar-refractivity contribution in [3.63, 3.8) is 0 Å². The Labute approximate surface area is 123 Å². The fourth-order valence-electron chi connectivity index (χ4n) is 2.50. The lowest BCUT2D eigenvalue weighted by molar-refractivity contribution is -0.392. The second-order valence-electron chi connectivity index (χ2n) is 8.06. The third kappa shape index (κ3) is 5.41. The molecule has 0 saturated heterocycles. The number of rotatable bonds is 7. The van der Waals surface area contributed by atoms with Gasteiger partial charge in [-0.05, 0) is 45.4 Å². The van der Waals surface area contributed by atoms with Crippen LogP contribution in [0.4, 0.5) is 0 Å². The first-order valence-corrected chi connectivity index (χ1v) is 7.30. The van der Waals surface area contributed by atoms with E-state index in [0.717, 1.165) is 6.42 Å². The standard InChI is InChI=1S/C16H32O4/c1-11(2)16(9,13(17)18)12(3)19-20-15(7,8)10-14(4,5)6/h11-12H,10H2,1-9H3,(H,17,18). The lowest BCUT2D eigenvalue weighted by Crippen LogP contribution is -2.45. The molecule has 0 heterocycles. The predicted molar refractivity (Wildman–Crippen MR) is 80.4 cm³/mol. The van der Waals surface area contributed by atoms with Crippen molar-refractivity contribution >= 4 is 5.97 Å². The molecule has 0 radical (unpaired) electrons. The molecule has 1 N–H and O–H groups in total. The third-order valence-corrected chi connectivity index (χ3v) is 3.88. The highest BCUT2D eigenvalue weighted by Crippen LogP contribution is 2.35. The van der Waals surface area contributed by atoms with Crippen molar-refractivity contribution < 1.29 is 19.7 Å². The van der Waals surface area contributed by atoms with Crippen molar-refractivity contribution in [2.75, 3.05) is 0 Å². The van der Waals surface area contributed by atoms with Gasteiger partial charge in [0.05, 0.1) is 11.0 Å². The van der Waals surface area contributed by atoms with E-state index in [1.165, 1.54) is 0 Å². The van der Waals surface area contributed by atoms with Crippen LogP contribution in [0, 0.1) is 16.7 Å². The van der Waals surface area contributed by atoms with Gasteiger partial charge in [0, 0.05) is 0 Å². The minimum atomic E-state index is -0.974. The molecule has 2 atom stereocenters. The topological polar surface area (TPSA) is 55.8 Å². The number of hydrogen-bond acceptors (Lipinski definition) is 3. The maximum atomic E-state index is 11.5. The van der Waals surface area contributed by atoms with Crippen molar-refractivity contribution in [2.45, 2.75) is 80.4 Å². The van der Waals surface area contributed by atoms with Gasteiger partial charge in [0.2, 0.25) is 0 Å². The fourth-order valence-corrected chi connectivity index (χ4v) is 2.50. The summed E-state index contributed by atoms with van der Waals surface area (Å²) in [4.78, 5) is 22.5. The van der Waals surface area contributed by atoms with E-state index in [1.807, 2.05) is 27.7 Å². The predicted octanol–water partition coefficient (Wildman–Crippen LogP) is 4.28. The molecule has 0 aromatic rings. The number of hydrogen-bond donors (Lipinski definition) is 1. The van der Waals surface area contributed by atoms with Crippen LogP contribution in [-0.4, -0.2) is 22.8 Å². The van der Waals surface area contributed by atoms with Crippen LogP contribution in [0.15, 0.2) is 0 Å². The maximum absolute atomic E-state index is 11.5. The largest absolute Gasteiger partial charge is 0.481 e. The molecule has 0 aromatic heterocycles. The Balaban J connectivity index is 4.77. The summed E-state index contributed by atoms with van der Waals surface area (Å²) in [6, 6.07) is 0. The summed E-state index contributed by atoms with van der Waals surface area (Å²) in [6.07, 6.45) is 0.289. The highest BCUT2D eigenvalue weighted by Gasteiger charge is 2.44. The van der Waals surface area contributed by atoms with E-state index in [2.05, 4.69) is 20.8 Å². The van der Waals surface area contributed by atoms with Crippen LogP contribution >= 0.6 is 0 Å². The van der Waals surface area contributed by atoms with E-state index in [0.29, 0.717) is 0 Å². The van der Waals surface area contributed by atoms with Crippen LogP contribution in [0.3, 0.4) is 0 Å². The second-order valence-corrected chi connectivity index (χ2v) is 8.06. The molecular formula is C16H32O4. The van der Waals surface area contributed by atoms with Gasteiger partial charge < -0.3 is 5.11 Å². The molecule has 120 valence electrons. The molecule has 0 amide bonds. The van der Waals surface area contributed by atoms with Crippen LogP contribution in [0.5, 0.6) is 0 Å². The van der Waals surface area contributed by atoms with Crippen LogP contribution in [0.2, 0.25) is 0 Å². The summed E-state index contributed by atoms with van der Waals surface area (Å²) < 4.78 is 0. The van der Waals surface area contributed by atoms with Crippen LogP contribution in [0.25, 0.3) is 0 Å². The Morgan fingerprint density at radius 2 is 1.50 bits per heavy atom. The van der Waals surface area contributed by atoms with Gasteiger partial charge in [0.1, 0.15) is 6.10 Å². The molecule has 0 spiro atoms. The molecule has 0 aliphatic rings. The molecule has 0 fully saturated rings. The van der Waals surface area contributed by atoms with E-state index in [-0.39, 0.29) is 11.3 Å². The Morgan fingerprint density at radius 3 is 1.80 bits per heavy atom. The zero-order valence-corrected chi connectivity index (χ0v) is 14.5. The molecule has 0 aromatic carbocycles. The van der Waals surface area contributed by atoms with Crippen molar-refractivity contribution in [1.82, 2.24) is 0 Å². The van der Waals surface area contributed by atoms with Gasteiger partial charge in [-0.15, -0.1) is 0 Å². The van der Waals surface area contributed by atoms with Gasteiger partial charge in [0.15, 0.2) is 0 Å². The molecule has 4 heteroatoms. The summed E-state index contributed by atoms with van der Waals surface area (Å²) in [5.74, 6) is -0.915. The molecule has 0 aliphatic carbocycles. The Hall–Kier alpha value is -0.610. The van der Waals surface area contributed by atoms with Gasteiger partial charge in [0.25, 0.3) is 0 Å². The third-order valence-electron chi connectivity index (χ3n) is 3.88. The van der Waals surface area contributed by atoms with Gasteiger partial charge in [-0.2, -0.15) is 0 Å². The molecule has 4 nitrogen and oxygen atoms in total. The zero-order valence-electron chi connectivity index (χ0n) is 14.5. The average molecular weight is 288 g/mol. The monoisotopic (exact) mass is 288 g/mol. The van der Waals surface area contributed by atoms with Gasteiger partial charge in [-0.3, -0.25) is 4.79 Å². The van der Waals surface area contributed by atoms with Gasteiger partial charge >= 0.3 is 5.97 Å². The Morgan fingerprint density at radius 1 is 1.05 bits per heavy atom. The fraction of sp³-hybridized carbons (Fsp3) is 0.938. The number of carbonyl (C=O) groups is 1. The van der Waals surface area contributed by atoms with Crippen LogP contribution in [-0.2, 0) is 14.6 Å². The summed E-state index contributed by atoms with van der Waals surface area (Å²) in [5, 5.41) is 9.45. The summed E-state index contributed by atoms with van der Waals surface area (Å²) in [6.45, 7) is 17.5. The second kappa shape index (κ2) is 6.44. The van der Waals surface area contributed by atoms with Gasteiger partial charge in [-0.1, -0.05) is 34.6 Å². The quantitative estimate of drug-likeness (QED) is 0.561. The highest BCUT2D eigenvalue weighted by atomic mass is 17.2. The van der Waals surface area contributed by atoms with Crippen molar-refractivity contribution in [1.29, 1.82) is 0 Å². The Bertz CT molecular complexity index is 328. The van der Waals surface area contributed by atoms with Crippen molar-refractivity contribution in [3.8, 4) is 0 Å². The smallest absolute Gasteiger partial charge is 0.312 e. The molecule has 0 rings (SSSR count). The minimum Gasteiger partial charge on any atom is -0.481 e. The molecular weight excluding hydrogens is 256 g/mol. The first-order valence-electron chi connectivity index (χ1n) is 7.30. The van der Waals surface area contributed by atoms with E-state index in [1.54, 1.807) is 13.8 Å². The molecule has 0 aliphatic heterocycles. The molecule has 2 unspecified atom stereocenters. The van der Waals surface area contributed by atoms with E-state index < -0.39 is 23.1 Å².